The van der Waals surface area contributed by atoms with Crippen LogP contribution in [0.5, 0.6) is 0 Å². The smallest absolute Gasteiger partial charge is 0.374 e. The quantitative estimate of drug-likeness (QED) is 0.438. The zero-order valence-corrected chi connectivity index (χ0v) is 8.54. The highest BCUT2D eigenvalue weighted by atomic mass is 32.2. The van der Waals surface area contributed by atoms with Crippen LogP contribution in [0.4, 0.5) is 22.0 Å². The topological polar surface area (TPSA) is 43.4 Å². The molecule has 0 aromatic heterocycles. The zero-order valence-electron chi connectivity index (χ0n) is 7.72. The first-order valence-electron chi connectivity index (χ1n) is 4.15. The molecule has 0 atom stereocenters. The Morgan fingerprint density at radius 3 is 2.31 bits per heavy atom. The van der Waals surface area contributed by atoms with Gasteiger partial charge in [-0.15, -0.1) is 0 Å². The SMILES string of the molecule is O=S(=O)(OC1=CCCCC1(F)F)C(F)(F)F. The van der Waals surface area contributed by atoms with Crippen molar-refractivity contribution < 1.29 is 34.6 Å². The van der Waals surface area contributed by atoms with Crippen LogP contribution in [-0.2, 0) is 14.3 Å². The fraction of sp³-hybridized carbons (Fsp3) is 0.714. The van der Waals surface area contributed by atoms with E-state index >= 15 is 0 Å². The van der Waals surface area contributed by atoms with E-state index in [1.54, 1.807) is 0 Å². The van der Waals surface area contributed by atoms with Crippen LogP contribution in [-0.4, -0.2) is 19.8 Å². The molecular formula is C7H7F5O3S. The number of halogens is 5. The summed E-state index contributed by atoms with van der Waals surface area (Å²) in [5.41, 5.74) is -5.71. The third-order valence-corrected chi connectivity index (χ3v) is 2.83. The normalized spacial score (nSPS) is 21.4. The minimum atomic E-state index is -6.02. The number of alkyl halides is 5. The van der Waals surface area contributed by atoms with Crippen LogP contribution in [0.1, 0.15) is 19.3 Å². The van der Waals surface area contributed by atoms with E-state index in [2.05, 4.69) is 4.18 Å². The lowest BCUT2D eigenvalue weighted by Gasteiger charge is -2.23. The summed E-state index contributed by atoms with van der Waals surface area (Å²) >= 11 is 0. The van der Waals surface area contributed by atoms with Crippen LogP contribution in [0.25, 0.3) is 0 Å². The highest BCUT2D eigenvalue weighted by molar-refractivity contribution is 7.87. The highest BCUT2D eigenvalue weighted by Gasteiger charge is 2.51. The molecule has 0 saturated carbocycles. The second-order valence-electron chi connectivity index (χ2n) is 3.15. The van der Waals surface area contributed by atoms with E-state index in [1.807, 2.05) is 0 Å². The van der Waals surface area contributed by atoms with Crippen molar-refractivity contribution in [2.45, 2.75) is 30.7 Å². The summed E-state index contributed by atoms with van der Waals surface area (Å²) in [7, 11) is -6.02. The first-order chi connectivity index (χ1) is 7.06. The Morgan fingerprint density at radius 1 is 1.31 bits per heavy atom. The van der Waals surface area contributed by atoms with Gasteiger partial charge in [0.25, 0.3) is 0 Å². The van der Waals surface area contributed by atoms with Crippen molar-refractivity contribution in [3.63, 3.8) is 0 Å². The molecule has 1 aliphatic carbocycles. The van der Waals surface area contributed by atoms with Gasteiger partial charge in [-0.25, -0.2) is 0 Å². The highest BCUT2D eigenvalue weighted by Crippen LogP contribution is 2.38. The molecule has 0 saturated heterocycles. The number of hydrogen-bond acceptors (Lipinski definition) is 3. The molecule has 94 valence electrons. The maximum atomic E-state index is 13.0. The summed E-state index contributed by atoms with van der Waals surface area (Å²) in [6, 6.07) is 0. The van der Waals surface area contributed by atoms with E-state index < -0.39 is 33.7 Å². The minimum Gasteiger partial charge on any atom is -0.374 e. The van der Waals surface area contributed by atoms with E-state index in [0.29, 0.717) is 6.08 Å². The fourth-order valence-electron chi connectivity index (χ4n) is 1.09. The summed E-state index contributed by atoms with van der Waals surface area (Å²) in [5.74, 6) is -5.12. The molecule has 0 spiro atoms. The van der Waals surface area contributed by atoms with E-state index in [0.717, 1.165) is 0 Å². The van der Waals surface area contributed by atoms with Crippen molar-refractivity contribution in [2.75, 3.05) is 0 Å². The third-order valence-electron chi connectivity index (χ3n) is 1.87. The molecule has 16 heavy (non-hydrogen) atoms. The lowest BCUT2D eigenvalue weighted by Crippen LogP contribution is -2.31. The molecular weight excluding hydrogens is 259 g/mol. The second-order valence-corrected chi connectivity index (χ2v) is 4.69. The Balaban J connectivity index is 2.94. The molecule has 0 fully saturated rings. The number of rotatable bonds is 2. The average Bonchev–Trinajstić information content (AvgIpc) is 2.06. The van der Waals surface area contributed by atoms with Gasteiger partial charge < -0.3 is 4.18 Å². The Kier molecular flexibility index (Phi) is 3.19. The molecule has 0 aliphatic heterocycles. The van der Waals surface area contributed by atoms with Crippen molar-refractivity contribution in [2.24, 2.45) is 0 Å². The summed E-state index contributed by atoms with van der Waals surface area (Å²) < 4.78 is 85.9. The van der Waals surface area contributed by atoms with Crippen molar-refractivity contribution >= 4 is 10.1 Å². The molecule has 1 aliphatic rings. The zero-order chi connectivity index (χ0) is 12.6. The fourth-order valence-corrected chi connectivity index (χ4v) is 1.61. The van der Waals surface area contributed by atoms with Crippen molar-refractivity contribution in [3.05, 3.63) is 11.8 Å². The van der Waals surface area contributed by atoms with Gasteiger partial charge in [0.05, 0.1) is 0 Å². The van der Waals surface area contributed by atoms with Gasteiger partial charge in [0, 0.05) is 6.42 Å². The largest absolute Gasteiger partial charge is 0.534 e. The number of allylic oxidation sites excluding steroid dienone is 2. The number of hydrogen-bond donors (Lipinski definition) is 0. The molecule has 0 heterocycles. The Labute approximate surface area is 88.0 Å². The maximum absolute atomic E-state index is 13.0. The van der Waals surface area contributed by atoms with Crippen LogP contribution in [0.15, 0.2) is 11.8 Å². The first kappa shape index (κ1) is 13.2. The molecule has 1 rings (SSSR count). The summed E-state index contributed by atoms with van der Waals surface area (Å²) in [4.78, 5) is 0. The van der Waals surface area contributed by atoms with Crippen molar-refractivity contribution in [3.8, 4) is 0 Å². The third kappa shape index (κ3) is 2.63. The molecule has 0 bridgehead atoms. The van der Waals surface area contributed by atoms with Crippen LogP contribution < -0.4 is 0 Å². The summed E-state index contributed by atoms with van der Waals surface area (Å²) in [6.45, 7) is 0. The maximum Gasteiger partial charge on any atom is 0.534 e. The van der Waals surface area contributed by atoms with E-state index in [-0.39, 0.29) is 12.8 Å². The van der Waals surface area contributed by atoms with Crippen LogP contribution in [0.2, 0.25) is 0 Å². The van der Waals surface area contributed by atoms with Gasteiger partial charge in [-0.2, -0.15) is 30.4 Å². The average molecular weight is 266 g/mol. The van der Waals surface area contributed by atoms with E-state index in [1.165, 1.54) is 0 Å². The second kappa shape index (κ2) is 3.86. The molecule has 0 aromatic carbocycles. The summed E-state index contributed by atoms with van der Waals surface area (Å²) in [5, 5.41) is 0. The Hall–Kier alpha value is -0.860. The first-order valence-corrected chi connectivity index (χ1v) is 5.56. The predicted octanol–water partition coefficient (Wildman–Crippen LogP) is 2.56. The molecule has 9 heteroatoms. The van der Waals surface area contributed by atoms with Crippen molar-refractivity contribution in [1.29, 1.82) is 0 Å². The van der Waals surface area contributed by atoms with E-state index in [4.69, 9.17) is 0 Å². The molecule has 0 amide bonds. The van der Waals surface area contributed by atoms with Gasteiger partial charge in [0.15, 0.2) is 5.76 Å². The van der Waals surface area contributed by atoms with Crippen LogP contribution >= 0.6 is 0 Å². The predicted molar refractivity (Wildman–Crippen MR) is 42.9 cm³/mol. The lowest BCUT2D eigenvalue weighted by atomic mass is 10.0. The Bertz CT molecular complexity index is 395. The van der Waals surface area contributed by atoms with Gasteiger partial charge in [0.2, 0.25) is 0 Å². The van der Waals surface area contributed by atoms with E-state index in [9.17, 15) is 30.4 Å². The molecule has 0 unspecified atom stereocenters. The van der Waals surface area contributed by atoms with Gasteiger partial charge in [-0.1, -0.05) is 0 Å². The Morgan fingerprint density at radius 2 is 1.88 bits per heavy atom. The molecule has 0 aromatic rings. The van der Waals surface area contributed by atoms with Gasteiger partial charge in [0.1, 0.15) is 0 Å². The van der Waals surface area contributed by atoms with Gasteiger partial charge in [-0.05, 0) is 18.9 Å². The van der Waals surface area contributed by atoms with Crippen LogP contribution in [0.3, 0.4) is 0 Å². The van der Waals surface area contributed by atoms with Gasteiger partial charge in [-0.3, -0.25) is 0 Å². The van der Waals surface area contributed by atoms with Crippen molar-refractivity contribution in [1.82, 2.24) is 0 Å². The molecule has 0 N–H and O–H groups in total. The monoisotopic (exact) mass is 266 g/mol. The minimum absolute atomic E-state index is 0.0539. The lowest BCUT2D eigenvalue weighted by molar-refractivity contribution is -0.0596. The van der Waals surface area contributed by atoms with Gasteiger partial charge >= 0.3 is 21.5 Å². The van der Waals surface area contributed by atoms with Crippen LogP contribution in [0, 0.1) is 0 Å². The standard InChI is InChI=1S/C7H7F5O3S/c8-6(9)4-2-1-3-5(6)15-16(13,14)7(10,11)12/h3H,1-2,4H2. The molecule has 3 nitrogen and oxygen atoms in total. The molecule has 0 radical (unpaired) electrons. The summed E-state index contributed by atoms with van der Waals surface area (Å²) in [6.07, 6.45) is 0.0449.